The van der Waals surface area contributed by atoms with Gasteiger partial charge in [-0.05, 0) is 51.7 Å². The van der Waals surface area contributed by atoms with Crippen molar-refractivity contribution in [3.05, 3.63) is 46.5 Å². The number of benzene rings is 2. The van der Waals surface area contributed by atoms with E-state index in [2.05, 4.69) is 6.07 Å². The summed E-state index contributed by atoms with van der Waals surface area (Å²) in [5, 5.41) is 31.3. The van der Waals surface area contributed by atoms with Crippen molar-refractivity contribution >= 4 is 0 Å². The highest BCUT2D eigenvalue weighted by Gasteiger charge is 2.54. The fourth-order valence-electron chi connectivity index (χ4n) is 6.65. The van der Waals surface area contributed by atoms with Gasteiger partial charge in [-0.15, -0.1) is 0 Å². The van der Waals surface area contributed by atoms with Gasteiger partial charge in [-0.3, -0.25) is 0 Å². The Labute approximate surface area is 178 Å². The molecule has 4 nitrogen and oxygen atoms in total. The van der Waals surface area contributed by atoms with E-state index in [9.17, 15) is 15.3 Å². The third-order valence-corrected chi connectivity index (χ3v) is 8.28. The molecule has 3 aliphatic rings. The average molecular weight is 409 g/mol. The summed E-state index contributed by atoms with van der Waals surface area (Å²) in [7, 11) is 0. The van der Waals surface area contributed by atoms with E-state index in [1.807, 2.05) is 19.1 Å². The molecule has 160 valence electrons. The van der Waals surface area contributed by atoms with Gasteiger partial charge in [-0.1, -0.05) is 37.8 Å². The van der Waals surface area contributed by atoms with Crippen LogP contribution < -0.4 is 4.74 Å². The Bertz CT molecular complexity index is 973. The molecule has 0 bridgehead atoms. The van der Waals surface area contributed by atoms with E-state index in [1.54, 1.807) is 13.0 Å². The van der Waals surface area contributed by atoms with Crippen molar-refractivity contribution in [2.45, 2.75) is 82.7 Å². The molecule has 2 saturated carbocycles. The number of rotatable bonds is 1. The number of fused-ring (bicyclic) bond motifs is 4. The lowest BCUT2D eigenvalue weighted by atomic mass is 9.54. The predicted molar refractivity (Wildman–Crippen MR) is 117 cm³/mol. The molecule has 2 aromatic rings. The largest absolute Gasteiger partial charge is 0.508 e. The van der Waals surface area contributed by atoms with Crippen molar-refractivity contribution in [1.29, 1.82) is 0 Å². The molecule has 30 heavy (non-hydrogen) atoms. The molecular weight excluding hydrogens is 376 g/mol. The minimum atomic E-state index is -0.0281. The normalized spacial score (nSPS) is 27.2. The maximum Gasteiger partial charge on any atom is 0.130 e. The summed E-state index contributed by atoms with van der Waals surface area (Å²) in [5.74, 6) is 1.95. The third-order valence-electron chi connectivity index (χ3n) is 8.28. The summed E-state index contributed by atoms with van der Waals surface area (Å²) in [6, 6.07) is 7.50. The van der Waals surface area contributed by atoms with E-state index in [0.29, 0.717) is 11.5 Å². The summed E-state index contributed by atoms with van der Waals surface area (Å²) in [6.45, 7) is 3.71. The molecule has 0 aromatic heterocycles. The van der Waals surface area contributed by atoms with Crippen LogP contribution in [0, 0.1) is 19.8 Å². The van der Waals surface area contributed by atoms with Gasteiger partial charge in [0.05, 0.1) is 0 Å². The average Bonchev–Trinajstić information content (AvgIpc) is 2.76. The number of aromatic hydroxyl groups is 3. The van der Waals surface area contributed by atoms with Crippen molar-refractivity contribution < 1.29 is 20.1 Å². The Morgan fingerprint density at radius 1 is 0.833 bits per heavy atom. The molecule has 0 amide bonds. The van der Waals surface area contributed by atoms with Gasteiger partial charge in [0, 0.05) is 39.5 Å². The van der Waals surface area contributed by atoms with Crippen LogP contribution in [0.5, 0.6) is 23.0 Å². The van der Waals surface area contributed by atoms with Crippen LogP contribution in [0.15, 0.2) is 24.3 Å². The first-order chi connectivity index (χ1) is 14.4. The van der Waals surface area contributed by atoms with Crippen LogP contribution in [0.4, 0.5) is 0 Å². The lowest BCUT2D eigenvalue weighted by Gasteiger charge is -2.55. The van der Waals surface area contributed by atoms with E-state index in [4.69, 9.17) is 4.74 Å². The number of hydrogen-bond donors (Lipinski definition) is 3. The molecule has 0 saturated heterocycles. The maximum absolute atomic E-state index is 10.9. The Morgan fingerprint density at radius 2 is 1.53 bits per heavy atom. The molecular formula is C26H32O4. The molecule has 3 N–H and O–H groups in total. The van der Waals surface area contributed by atoms with Crippen LogP contribution in [-0.2, 0) is 5.41 Å². The second-order valence-corrected chi connectivity index (χ2v) is 9.68. The SMILES string of the molecule is Cc1c(O)ccc(C2CCCC3C2Oc2c(ccc(O)c2C)C32CCCCC2)c1O. The quantitative estimate of drug-likeness (QED) is 0.544. The minimum absolute atomic E-state index is 0.0281. The zero-order valence-electron chi connectivity index (χ0n) is 17.9. The molecule has 5 rings (SSSR count). The zero-order chi connectivity index (χ0) is 21.0. The van der Waals surface area contributed by atoms with E-state index in [1.165, 1.54) is 37.7 Å². The molecule has 3 atom stereocenters. The Kier molecular flexibility index (Phi) is 4.64. The smallest absolute Gasteiger partial charge is 0.130 e. The number of phenols is 3. The molecule has 1 aliphatic heterocycles. The van der Waals surface area contributed by atoms with Crippen molar-refractivity contribution in [2.24, 2.45) is 5.92 Å². The minimum Gasteiger partial charge on any atom is -0.508 e. The van der Waals surface area contributed by atoms with Crippen molar-refractivity contribution in [2.75, 3.05) is 0 Å². The number of phenolic OH excluding ortho intramolecular Hbond substituents is 3. The highest BCUT2D eigenvalue weighted by atomic mass is 16.5. The summed E-state index contributed by atoms with van der Waals surface area (Å²) >= 11 is 0. The van der Waals surface area contributed by atoms with E-state index in [0.717, 1.165) is 36.1 Å². The van der Waals surface area contributed by atoms with E-state index < -0.39 is 0 Å². The summed E-state index contributed by atoms with van der Waals surface area (Å²) in [4.78, 5) is 0. The Balaban J connectivity index is 1.66. The Morgan fingerprint density at radius 3 is 2.30 bits per heavy atom. The second-order valence-electron chi connectivity index (χ2n) is 9.68. The molecule has 0 radical (unpaired) electrons. The first kappa shape index (κ1) is 19.6. The van der Waals surface area contributed by atoms with Gasteiger partial charge in [-0.2, -0.15) is 0 Å². The summed E-state index contributed by atoms with van der Waals surface area (Å²) in [5.41, 5.74) is 3.62. The lowest BCUT2D eigenvalue weighted by Crippen LogP contribution is -2.53. The number of ether oxygens (including phenoxy) is 1. The first-order valence-electron chi connectivity index (χ1n) is 11.4. The fourth-order valence-corrected chi connectivity index (χ4v) is 6.65. The van der Waals surface area contributed by atoms with Crippen LogP contribution >= 0.6 is 0 Å². The fraction of sp³-hybridized carbons (Fsp3) is 0.538. The van der Waals surface area contributed by atoms with Gasteiger partial charge in [0.2, 0.25) is 0 Å². The molecule has 1 heterocycles. The second kappa shape index (κ2) is 7.11. The first-order valence-corrected chi connectivity index (χ1v) is 11.4. The van der Waals surface area contributed by atoms with Crippen LogP contribution in [-0.4, -0.2) is 21.4 Å². The van der Waals surface area contributed by atoms with Gasteiger partial charge in [0.1, 0.15) is 29.1 Å². The molecule has 2 aromatic carbocycles. The van der Waals surface area contributed by atoms with Crippen LogP contribution in [0.1, 0.15) is 79.5 Å². The third kappa shape index (κ3) is 2.72. The van der Waals surface area contributed by atoms with Gasteiger partial charge in [0.15, 0.2) is 0 Å². The predicted octanol–water partition coefficient (Wildman–Crippen LogP) is 5.97. The number of hydrogen-bond acceptors (Lipinski definition) is 4. The lowest BCUT2D eigenvalue weighted by molar-refractivity contribution is -0.0161. The molecule has 2 aliphatic carbocycles. The van der Waals surface area contributed by atoms with Crippen molar-refractivity contribution in [1.82, 2.24) is 0 Å². The van der Waals surface area contributed by atoms with Crippen LogP contribution in [0.3, 0.4) is 0 Å². The highest BCUT2D eigenvalue weighted by Crippen LogP contribution is 2.60. The summed E-state index contributed by atoms with van der Waals surface area (Å²) < 4.78 is 6.73. The zero-order valence-corrected chi connectivity index (χ0v) is 17.9. The van der Waals surface area contributed by atoms with Crippen molar-refractivity contribution in [3.63, 3.8) is 0 Å². The van der Waals surface area contributed by atoms with Crippen LogP contribution in [0.25, 0.3) is 0 Å². The Hall–Kier alpha value is -2.36. The maximum atomic E-state index is 10.9. The van der Waals surface area contributed by atoms with E-state index >= 15 is 0 Å². The standard InChI is InChI=1S/C26H32O4/c1-15-21(27)11-9-17(23(15)29)18-7-6-8-19-25(18)30-24-16(2)22(28)12-10-20(24)26(19)13-4-3-5-14-26/h9-12,18-19,25,27-29H,3-8,13-14H2,1-2H3. The van der Waals surface area contributed by atoms with Gasteiger partial charge in [-0.25, -0.2) is 0 Å². The molecule has 2 fully saturated rings. The van der Waals surface area contributed by atoms with Gasteiger partial charge >= 0.3 is 0 Å². The van der Waals surface area contributed by atoms with Crippen LogP contribution in [0.2, 0.25) is 0 Å². The molecule has 4 heteroatoms. The van der Waals surface area contributed by atoms with Gasteiger partial charge in [0.25, 0.3) is 0 Å². The van der Waals surface area contributed by atoms with Crippen molar-refractivity contribution in [3.8, 4) is 23.0 Å². The molecule has 1 spiro atoms. The summed E-state index contributed by atoms with van der Waals surface area (Å²) in [6.07, 6.45) is 9.27. The topological polar surface area (TPSA) is 69.9 Å². The monoisotopic (exact) mass is 408 g/mol. The highest BCUT2D eigenvalue weighted by molar-refractivity contribution is 5.55. The molecule has 3 unspecified atom stereocenters. The van der Waals surface area contributed by atoms with E-state index in [-0.39, 0.29) is 34.7 Å². The van der Waals surface area contributed by atoms with Gasteiger partial charge < -0.3 is 20.1 Å².